The highest BCUT2D eigenvalue weighted by molar-refractivity contribution is 6.31. The van der Waals surface area contributed by atoms with E-state index in [1.807, 2.05) is 13.8 Å². The minimum Gasteiger partial charge on any atom is -0.453 e. The van der Waals surface area contributed by atoms with Crippen molar-refractivity contribution in [2.45, 2.75) is 32.2 Å². The molecule has 3 heterocycles. The number of pyridine rings is 1. The summed E-state index contributed by atoms with van der Waals surface area (Å²) in [5.41, 5.74) is 7.74. The van der Waals surface area contributed by atoms with Crippen molar-refractivity contribution >= 4 is 40.2 Å². The van der Waals surface area contributed by atoms with Gasteiger partial charge in [0.15, 0.2) is 11.7 Å². The van der Waals surface area contributed by atoms with Crippen molar-refractivity contribution in [1.82, 2.24) is 9.88 Å². The second-order valence-electron chi connectivity index (χ2n) is 7.72. The minimum atomic E-state index is -0.876. The lowest BCUT2D eigenvalue weighted by Gasteiger charge is -2.32. The summed E-state index contributed by atoms with van der Waals surface area (Å²) in [5, 5.41) is 1.41. The van der Waals surface area contributed by atoms with Gasteiger partial charge >= 0.3 is 0 Å². The van der Waals surface area contributed by atoms with Gasteiger partial charge < -0.3 is 10.2 Å². The van der Waals surface area contributed by atoms with Crippen molar-refractivity contribution in [2.75, 3.05) is 7.05 Å². The fraction of sp³-hybridized carbons (Fsp3) is 0.273. The third-order valence-corrected chi connectivity index (χ3v) is 5.70. The second-order valence-corrected chi connectivity index (χ2v) is 8.16. The summed E-state index contributed by atoms with van der Waals surface area (Å²) in [6, 6.07) is 8.83. The molecule has 0 bridgehead atoms. The summed E-state index contributed by atoms with van der Waals surface area (Å²) in [4.78, 5) is 35.4. The number of carbonyl (C=O) groups is 2. The van der Waals surface area contributed by atoms with Gasteiger partial charge in [0.25, 0.3) is 0 Å². The first-order valence-electron chi connectivity index (χ1n) is 9.47. The number of halogens is 1. The molecule has 8 heteroatoms. The van der Waals surface area contributed by atoms with Crippen LogP contribution in [0.3, 0.4) is 0 Å². The Morgan fingerprint density at radius 1 is 1.33 bits per heavy atom. The fourth-order valence-electron chi connectivity index (χ4n) is 3.66. The van der Waals surface area contributed by atoms with Crippen molar-refractivity contribution in [1.29, 1.82) is 0 Å². The van der Waals surface area contributed by atoms with Gasteiger partial charge in [-0.2, -0.15) is 0 Å². The van der Waals surface area contributed by atoms with Crippen LogP contribution >= 0.6 is 11.6 Å². The molecule has 0 radical (unpaired) electrons. The number of aliphatic imine (C=N–C) groups is 1. The van der Waals surface area contributed by atoms with E-state index >= 15 is 0 Å². The number of nitrogens with two attached hydrogens (primary N) is 1. The number of guanidine groups is 1. The highest BCUT2D eigenvalue weighted by atomic mass is 35.5. The molecule has 4 rings (SSSR count). The standard InChI is InChI=1S/C22H21ClN4O3/c1-12-15-10-14(23)4-5-17(15)30-20(12)16(28)8-13-6-7-25-18(9-13)22(2)11-19(29)27(3)21(24)26-22/h4-7,9-10H,8,11H2,1-3H3,(H2,24,26). The van der Waals surface area contributed by atoms with Crippen molar-refractivity contribution in [2.24, 2.45) is 10.7 Å². The number of hydrogen-bond donors (Lipinski definition) is 1. The van der Waals surface area contributed by atoms with Crippen LogP contribution in [0.1, 0.15) is 40.7 Å². The predicted molar refractivity (Wildman–Crippen MR) is 115 cm³/mol. The molecule has 2 aromatic heterocycles. The zero-order valence-electron chi connectivity index (χ0n) is 16.9. The van der Waals surface area contributed by atoms with E-state index in [0.29, 0.717) is 22.1 Å². The van der Waals surface area contributed by atoms with E-state index in [2.05, 4.69) is 9.98 Å². The number of amides is 1. The molecular formula is C22H21ClN4O3. The maximum Gasteiger partial charge on any atom is 0.231 e. The summed E-state index contributed by atoms with van der Waals surface area (Å²) < 4.78 is 5.78. The van der Waals surface area contributed by atoms with Crippen LogP contribution in [0.2, 0.25) is 5.02 Å². The van der Waals surface area contributed by atoms with E-state index in [9.17, 15) is 9.59 Å². The summed E-state index contributed by atoms with van der Waals surface area (Å²) in [5.74, 6) is 0.177. The number of fused-ring (bicyclic) bond motifs is 1. The molecule has 1 amide bonds. The second kappa shape index (κ2) is 7.25. The van der Waals surface area contributed by atoms with Crippen LogP contribution in [0.25, 0.3) is 11.0 Å². The van der Waals surface area contributed by atoms with Crippen molar-refractivity contribution in [3.63, 3.8) is 0 Å². The first kappa shape index (κ1) is 20.1. The number of furan rings is 1. The van der Waals surface area contributed by atoms with E-state index in [0.717, 1.165) is 16.5 Å². The zero-order chi connectivity index (χ0) is 21.6. The lowest BCUT2D eigenvalue weighted by atomic mass is 9.90. The number of Topliss-reactive ketones (excluding diaryl/α,β-unsaturated/α-hetero) is 1. The Morgan fingerprint density at radius 3 is 2.83 bits per heavy atom. The highest BCUT2D eigenvalue weighted by Crippen LogP contribution is 2.32. The number of hydrogen-bond acceptors (Lipinski definition) is 6. The first-order chi connectivity index (χ1) is 14.2. The molecule has 30 heavy (non-hydrogen) atoms. The molecule has 154 valence electrons. The SMILES string of the molecule is Cc1c(C(=O)Cc2ccnc(C3(C)CC(=O)N(C)C(N)=N3)c2)oc2ccc(Cl)cc12. The highest BCUT2D eigenvalue weighted by Gasteiger charge is 2.37. The van der Waals surface area contributed by atoms with Crippen LogP contribution in [0.4, 0.5) is 0 Å². The molecular weight excluding hydrogens is 404 g/mol. The normalized spacial score (nSPS) is 19.3. The smallest absolute Gasteiger partial charge is 0.231 e. The number of aryl methyl sites for hydroxylation is 1. The zero-order valence-corrected chi connectivity index (χ0v) is 17.7. The molecule has 0 saturated heterocycles. The van der Waals surface area contributed by atoms with Gasteiger partial charge in [-0.1, -0.05) is 11.6 Å². The molecule has 1 aromatic carbocycles. The Bertz CT molecular complexity index is 1220. The quantitative estimate of drug-likeness (QED) is 0.644. The Morgan fingerprint density at radius 2 is 2.10 bits per heavy atom. The van der Waals surface area contributed by atoms with Gasteiger partial charge in [-0.05, 0) is 49.7 Å². The number of carbonyl (C=O) groups excluding carboxylic acids is 2. The monoisotopic (exact) mass is 424 g/mol. The van der Waals surface area contributed by atoms with Crippen molar-refractivity contribution in [3.05, 3.63) is 64.1 Å². The first-order valence-corrected chi connectivity index (χ1v) is 9.85. The Labute approximate surface area is 178 Å². The largest absolute Gasteiger partial charge is 0.453 e. The fourth-order valence-corrected chi connectivity index (χ4v) is 3.83. The molecule has 3 aromatic rings. The number of aromatic nitrogens is 1. The predicted octanol–water partition coefficient (Wildman–Crippen LogP) is 3.61. The van der Waals surface area contributed by atoms with Gasteiger partial charge in [0, 0.05) is 35.6 Å². The molecule has 1 aliphatic heterocycles. The van der Waals surface area contributed by atoms with E-state index in [4.69, 9.17) is 21.8 Å². The summed E-state index contributed by atoms with van der Waals surface area (Å²) >= 11 is 6.06. The van der Waals surface area contributed by atoms with E-state index in [1.54, 1.807) is 43.6 Å². The molecule has 1 atom stereocenters. The van der Waals surface area contributed by atoms with Gasteiger partial charge in [0.1, 0.15) is 11.1 Å². The Hall–Kier alpha value is -3.19. The van der Waals surface area contributed by atoms with Crippen molar-refractivity contribution < 1.29 is 14.0 Å². The van der Waals surface area contributed by atoms with Gasteiger partial charge in [0.2, 0.25) is 11.7 Å². The maximum atomic E-state index is 12.9. The van der Waals surface area contributed by atoms with Crippen LogP contribution < -0.4 is 5.73 Å². The third-order valence-electron chi connectivity index (χ3n) is 5.47. The van der Waals surface area contributed by atoms with Gasteiger partial charge in [0.05, 0.1) is 12.1 Å². The third kappa shape index (κ3) is 3.45. The van der Waals surface area contributed by atoms with E-state index in [1.165, 1.54) is 4.90 Å². The number of benzene rings is 1. The van der Waals surface area contributed by atoms with E-state index in [-0.39, 0.29) is 30.5 Å². The van der Waals surface area contributed by atoms with Crippen LogP contribution in [0.15, 0.2) is 45.9 Å². The average Bonchev–Trinajstić information content (AvgIpc) is 3.02. The molecule has 1 aliphatic rings. The molecule has 0 fully saturated rings. The van der Waals surface area contributed by atoms with Gasteiger partial charge in [-0.25, -0.2) is 4.99 Å². The maximum absolute atomic E-state index is 12.9. The van der Waals surface area contributed by atoms with Gasteiger partial charge in [-0.3, -0.25) is 19.5 Å². The molecule has 0 saturated carbocycles. The van der Waals surface area contributed by atoms with Crippen LogP contribution in [-0.2, 0) is 16.8 Å². The van der Waals surface area contributed by atoms with E-state index < -0.39 is 5.54 Å². The van der Waals surface area contributed by atoms with Crippen LogP contribution in [-0.4, -0.2) is 34.6 Å². The molecule has 1 unspecified atom stereocenters. The lowest BCUT2D eigenvalue weighted by molar-refractivity contribution is -0.128. The summed E-state index contributed by atoms with van der Waals surface area (Å²) in [6.45, 7) is 3.65. The van der Waals surface area contributed by atoms with Crippen LogP contribution in [0.5, 0.6) is 0 Å². The minimum absolute atomic E-state index is 0.132. The Kier molecular flexibility index (Phi) is 4.86. The molecule has 0 spiro atoms. The topological polar surface area (TPSA) is 102 Å². The lowest BCUT2D eigenvalue weighted by Crippen LogP contribution is -2.47. The number of nitrogens with zero attached hydrogens (tertiary/aromatic N) is 3. The molecule has 2 N–H and O–H groups in total. The Balaban J connectivity index is 1.63. The molecule has 0 aliphatic carbocycles. The molecule has 7 nitrogen and oxygen atoms in total. The number of rotatable bonds is 4. The summed E-state index contributed by atoms with van der Waals surface area (Å²) in [6.07, 6.45) is 1.90. The summed E-state index contributed by atoms with van der Waals surface area (Å²) in [7, 11) is 1.59. The number of ketones is 1. The van der Waals surface area contributed by atoms with Crippen LogP contribution in [0, 0.1) is 6.92 Å². The van der Waals surface area contributed by atoms with Gasteiger partial charge in [-0.15, -0.1) is 0 Å². The van der Waals surface area contributed by atoms with Crippen molar-refractivity contribution in [3.8, 4) is 0 Å². The average molecular weight is 425 g/mol.